The third-order valence-corrected chi connectivity index (χ3v) is 3.85. The number of nitrogens with zero attached hydrogens (tertiary/aromatic N) is 1. The van der Waals surface area contributed by atoms with Crippen LogP contribution in [0.3, 0.4) is 0 Å². The Morgan fingerprint density at radius 3 is 2.56 bits per heavy atom. The fourth-order valence-electron chi connectivity index (χ4n) is 2.40. The zero-order valence-corrected chi connectivity index (χ0v) is 13.8. The maximum absolute atomic E-state index is 12.9. The maximum atomic E-state index is 12.9. The zero-order chi connectivity index (χ0) is 17.6. The summed E-state index contributed by atoms with van der Waals surface area (Å²) in [5.41, 5.74) is 4.11. The van der Waals surface area contributed by atoms with E-state index in [9.17, 15) is 9.18 Å². The zero-order valence-electron chi connectivity index (χ0n) is 13.8. The molecule has 1 amide bonds. The number of aromatic nitrogens is 1. The van der Waals surface area contributed by atoms with Gasteiger partial charge in [-0.15, -0.1) is 0 Å². The summed E-state index contributed by atoms with van der Waals surface area (Å²) in [4.78, 5) is 16.4. The third kappa shape index (κ3) is 4.41. The Kier molecular flexibility index (Phi) is 5.04. The van der Waals surface area contributed by atoms with Crippen LogP contribution in [0, 0.1) is 12.7 Å². The predicted octanol–water partition coefficient (Wildman–Crippen LogP) is 4.39. The Hall–Kier alpha value is -3.21. The van der Waals surface area contributed by atoms with E-state index in [0.717, 1.165) is 5.69 Å². The summed E-state index contributed by atoms with van der Waals surface area (Å²) in [6, 6.07) is 15.5. The molecular weight excluding hydrogens is 317 g/mol. The lowest BCUT2D eigenvalue weighted by Gasteiger charge is -2.10. The number of amides is 1. The van der Waals surface area contributed by atoms with E-state index in [4.69, 9.17) is 0 Å². The number of pyridine rings is 1. The van der Waals surface area contributed by atoms with Gasteiger partial charge >= 0.3 is 0 Å². The highest BCUT2D eigenvalue weighted by atomic mass is 19.1. The lowest BCUT2D eigenvalue weighted by atomic mass is 10.1. The second kappa shape index (κ2) is 7.57. The Bertz CT molecular complexity index is 878. The molecule has 0 spiro atoms. The standard InChI is InChI=1S/C20H18FN3O/c1-14-4-2-3-5-15(14)12-23-19-10-16(11-22-13-19)20(25)24-18-8-6-17(21)7-9-18/h2-11,13,23H,12H2,1H3,(H,24,25). The summed E-state index contributed by atoms with van der Waals surface area (Å²) < 4.78 is 12.9. The molecule has 4 nitrogen and oxygen atoms in total. The van der Waals surface area contributed by atoms with Crippen LogP contribution in [0.25, 0.3) is 0 Å². The van der Waals surface area contributed by atoms with Crippen LogP contribution in [0.5, 0.6) is 0 Å². The van der Waals surface area contributed by atoms with Crippen molar-refractivity contribution in [3.05, 3.63) is 89.5 Å². The molecule has 0 aliphatic carbocycles. The average molecular weight is 335 g/mol. The van der Waals surface area contributed by atoms with Crippen molar-refractivity contribution in [3.63, 3.8) is 0 Å². The van der Waals surface area contributed by atoms with Gasteiger partial charge in [-0.2, -0.15) is 0 Å². The first-order valence-corrected chi connectivity index (χ1v) is 7.92. The van der Waals surface area contributed by atoms with Crippen LogP contribution in [0.1, 0.15) is 21.5 Å². The minimum absolute atomic E-state index is 0.293. The topological polar surface area (TPSA) is 54.0 Å². The van der Waals surface area contributed by atoms with Gasteiger partial charge in [-0.25, -0.2) is 4.39 Å². The lowest BCUT2D eigenvalue weighted by Crippen LogP contribution is -2.13. The molecule has 3 rings (SSSR count). The first-order chi connectivity index (χ1) is 12.1. The van der Waals surface area contributed by atoms with Crippen LogP contribution in [0.15, 0.2) is 67.0 Å². The number of carbonyl (C=O) groups excluding carboxylic acids is 1. The van der Waals surface area contributed by atoms with Gasteiger partial charge in [-0.1, -0.05) is 24.3 Å². The molecule has 0 saturated carbocycles. The normalized spacial score (nSPS) is 10.3. The molecule has 0 aliphatic rings. The van der Waals surface area contributed by atoms with E-state index in [0.29, 0.717) is 17.8 Å². The molecule has 2 N–H and O–H groups in total. The first-order valence-electron chi connectivity index (χ1n) is 7.92. The van der Waals surface area contributed by atoms with Gasteiger partial charge in [-0.3, -0.25) is 9.78 Å². The molecule has 25 heavy (non-hydrogen) atoms. The highest BCUT2D eigenvalue weighted by Gasteiger charge is 2.08. The number of aryl methyl sites for hydroxylation is 1. The highest BCUT2D eigenvalue weighted by Crippen LogP contribution is 2.15. The lowest BCUT2D eigenvalue weighted by molar-refractivity contribution is 0.102. The number of halogens is 1. The third-order valence-electron chi connectivity index (χ3n) is 3.85. The molecule has 0 atom stereocenters. The molecular formula is C20H18FN3O. The predicted molar refractivity (Wildman–Crippen MR) is 97.1 cm³/mol. The number of anilines is 2. The molecule has 5 heteroatoms. The van der Waals surface area contributed by atoms with E-state index >= 15 is 0 Å². The largest absolute Gasteiger partial charge is 0.380 e. The fourth-order valence-corrected chi connectivity index (χ4v) is 2.40. The molecule has 3 aromatic rings. The second-order valence-electron chi connectivity index (χ2n) is 5.70. The van der Waals surface area contributed by atoms with Crippen LogP contribution in [0.4, 0.5) is 15.8 Å². The van der Waals surface area contributed by atoms with Crippen LogP contribution in [0.2, 0.25) is 0 Å². The summed E-state index contributed by atoms with van der Waals surface area (Å²) in [7, 11) is 0. The highest BCUT2D eigenvalue weighted by molar-refractivity contribution is 6.04. The monoisotopic (exact) mass is 335 g/mol. The van der Waals surface area contributed by atoms with Crippen molar-refractivity contribution in [2.75, 3.05) is 10.6 Å². The van der Waals surface area contributed by atoms with E-state index in [-0.39, 0.29) is 11.7 Å². The van der Waals surface area contributed by atoms with Gasteiger partial charge in [-0.05, 0) is 48.4 Å². The maximum Gasteiger partial charge on any atom is 0.257 e. The van der Waals surface area contributed by atoms with Crippen molar-refractivity contribution in [3.8, 4) is 0 Å². The summed E-state index contributed by atoms with van der Waals surface area (Å²) in [6.45, 7) is 2.71. The molecule has 0 bridgehead atoms. The van der Waals surface area contributed by atoms with Crippen LogP contribution < -0.4 is 10.6 Å². The summed E-state index contributed by atoms with van der Waals surface area (Å²) in [5, 5.41) is 6.00. The Morgan fingerprint density at radius 1 is 1.04 bits per heavy atom. The summed E-state index contributed by atoms with van der Waals surface area (Å²) in [6.07, 6.45) is 3.17. The number of rotatable bonds is 5. The minimum Gasteiger partial charge on any atom is -0.380 e. The van der Waals surface area contributed by atoms with Gasteiger partial charge in [0.15, 0.2) is 0 Å². The van der Waals surface area contributed by atoms with Crippen LogP contribution in [-0.4, -0.2) is 10.9 Å². The number of nitrogens with one attached hydrogen (secondary N) is 2. The van der Waals surface area contributed by atoms with Crippen LogP contribution in [-0.2, 0) is 6.54 Å². The van der Waals surface area contributed by atoms with Gasteiger partial charge < -0.3 is 10.6 Å². The first kappa shape index (κ1) is 16.6. The van der Waals surface area contributed by atoms with E-state index in [1.165, 1.54) is 41.6 Å². The Labute approximate surface area is 145 Å². The molecule has 0 aliphatic heterocycles. The molecule has 0 fully saturated rings. The van der Waals surface area contributed by atoms with Crippen molar-refractivity contribution in [1.29, 1.82) is 0 Å². The molecule has 126 valence electrons. The minimum atomic E-state index is -0.345. The van der Waals surface area contributed by atoms with E-state index < -0.39 is 0 Å². The van der Waals surface area contributed by atoms with Crippen molar-refractivity contribution < 1.29 is 9.18 Å². The number of benzene rings is 2. The fraction of sp³-hybridized carbons (Fsp3) is 0.100. The average Bonchev–Trinajstić information content (AvgIpc) is 2.63. The van der Waals surface area contributed by atoms with Gasteiger partial charge in [0, 0.05) is 24.6 Å². The van der Waals surface area contributed by atoms with Crippen molar-refractivity contribution in [2.24, 2.45) is 0 Å². The number of hydrogen-bond donors (Lipinski definition) is 2. The summed E-state index contributed by atoms with van der Waals surface area (Å²) in [5.74, 6) is -0.638. The van der Waals surface area contributed by atoms with E-state index in [1.54, 1.807) is 12.3 Å². The molecule has 0 saturated heterocycles. The van der Waals surface area contributed by atoms with Crippen LogP contribution >= 0.6 is 0 Å². The second-order valence-corrected chi connectivity index (χ2v) is 5.70. The van der Waals surface area contributed by atoms with E-state index in [2.05, 4.69) is 34.7 Å². The molecule has 0 unspecified atom stereocenters. The number of hydrogen-bond acceptors (Lipinski definition) is 3. The van der Waals surface area contributed by atoms with Crippen molar-refractivity contribution in [2.45, 2.75) is 13.5 Å². The van der Waals surface area contributed by atoms with Gasteiger partial charge in [0.05, 0.1) is 11.3 Å². The van der Waals surface area contributed by atoms with Gasteiger partial charge in [0.2, 0.25) is 0 Å². The number of carbonyl (C=O) groups is 1. The van der Waals surface area contributed by atoms with Crippen molar-refractivity contribution in [1.82, 2.24) is 4.98 Å². The Balaban J connectivity index is 1.67. The van der Waals surface area contributed by atoms with Crippen molar-refractivity contribution >= 4 is 17.3 Å². The molecule has 1 aromatic heterocycles. The van der Waals surface area contributed by atoms with E-state index in [1.807, 2.05) is 12.1 Å². The SMILES string of the molecule is Cc1ccccc1CNc1cncc(C(=O)Nc2ccc(F)cc2)c1. The smallest absolute Gasteiger partial charge is 0.257 e. The van der Waals surface area contributed by atoms with Gasteiger partial charge in [0.1, 0.15) is 5.82 Å². The van der Waals surface area contributed by atoms with Gasteiger partial charge in [0.25, 0.3) is 5.91 Å². The molecule has 1 heterocycles. The quantitative estimate of drug-likeness (QED) is 0.727. The molecule has 2 aromatic carbocycles. The summed E-state index contributed by atoms with van der Waals surface area (Å²) >= 11 is 0. The Morgan fingerprint density at radius 2 is 1.80 bits per heavy atom. The molecule has 0 radical (unpaired) electrons.